The van der Waals surface area contributed by atoms with Gasteiger partial charge < -0.3 is 9.47 Å². The largest absolute Gasteiger partial charge is 0.425 e. The third-order valence-corrected chi connectivity index (χ3v) is 4.20. The van der Waals surface area contributed by atoms with Crippen molar-refractivity contribution in [2.75, 3.05) is 0 Å². The molecule has 0 aromatic heterocycles. The molecule has 0 aromatic rings. The van der Waals surface area contributed by atoms with E-state index in [4.69, 9.17) is 9.47 Å². The quantitative estimate of drug-likeness (QED) is 0.137. The first-order valence-electron chi connectivity index (χ1n) is 10.2. The van der Waals surface area contributed by atoms with Gasteiger partial charge in [-0.2, -0.15) is 0 Å². The van der Waals surface area contributed by atoms with Gasteiger partial charge in [0.1, 0.15) is 0 Å². The van der Waals surface area contributed by atoms with E-state index < -0.39 is 12.3 Å². The second kappa shape index (κ2) is 17.5. The lowest BCUT2D eigenvalue weighted by atomic mass is 10.1. The summed E-state index contributed by atoms with van der Waals surface area (Å²) in [5.74, 6) is -0.819. The van der Waals surface area contributed by atoms with E-state index in [1.165, 1.54) is 38.5 Å². The van der Waals surface area contributed by atoms with E-state index in [1.807, 2.05) is 0 Å². The Morgan fingerprint density at radius 3 is 1.88 bits per heavy atom. The minimum Gasteiger partial charge on any atom is -0.425 e. The second-order valence-electron chi connectivity index (χ2n) is 6.63. The number of unbranched alkanes of at least 4 members (excludes halogenated alkanes) is 10. The summed E-state index contributed by atoms with van der Waals surface area (Å²) >= 11 is 0. The lowest BCUT2D eigenvalue weighted by molar-refractivity contribution is -0.185. The van der Waals surface area contributed by atoms with Crippen LogP contribution in [-0.4, -0.2) is 18.2 Å². The van der Waals surface area contributed by atoms with Gasteiger partial charge in [-0.3, -0.25) is 4.79 Å². The minimum absolute atomic E-state index is 0.280. The predicted molar refractivity (Wildman–Crippen MR) is 102 cm³/mol. The van der Waals surface area contributed by atoms with Crippen molar-refractivity contribution in [1.29, 1.82) is 0 Å². The Bertz CT molecular complexity index is 352. The van der Waals surface area contributed by atoms with Crippen LogP contribution in [0.2, 0.25) is 0 Å². The lowest BCUT2D eigenvalue weighted by Gasteiger charge is -2.17. The Hall–Kier alpha value is -1.32. The number of ether oxygens (including phenoxy) is 2. The maximum absolute atomic E-state index is 11.9. The number of carbonyl (C=O) groups excluding carboxylic acids is 2. The molecule has 0 bridgehead atoms. The molecule has 4 nitrogen and oxygen atoms in total. The van der Waals surface area contributed by atoms with Crippen molar-refractivity contribution in [2.45, 2.75) is 110 Å². The van der Waals surface area contributed by atoms with E-state index in [-0.39, 0.29) is 5.97 Å². The zero-order chi connectivity index (χ0) is 18.8. The Kier molecular flexibility index (Phi) is 16.6. The van der Waals surface area contributed by atoms with Crippen molar-refractivity contribution in [2.24, 2.45) is 0 Å². The summed E-state index contributed by atoms with van der Waals surface area (Å²) in [5, 5.41) is 0. The molecule has 1 unspecified atom stereocenters. The molecule has 0 aliphatic heterocycles. The summed E-state index contributed by atoms with van der Waals surface area (Å²) < 4.78 is 10.5. The molecule has 0 amide bonds. The lowest BCUT2D eigenvalue weighted by Crippen LogP contribution is -2.24. The third-order valence-electron chi connectivity index (χ3n) is 4.20. The van der Waals surface area contributed by atoms with Crippen LogP contribution in [0.5, 0.6) is 0 Å². The number of hydrogen-bond donors (Lipinski definition) is 0. The van der Waals surface area contributed by atoms with E-state index >= 15 is 0 Å². The van der Waals surface area contributed by atoms with E-state index in [2.05, 4.69) is 20.4 Å². The molecule has 1 atom stereocenters. The number of hydrogen-bond acceptors (Lipinski definition) is 4. The van der Waals surface area contributed by atoms with Gasteiger partial charge in [0.25, 0.3) is 0 Å². The minimum atomic E-state index is -0.774. The van der Waals surface area contributed by atoms with Crippen molar-refractivity contribution in [1.82, 2.24) is 0 Å². The summed E-state index contributed by atoms with van der Waals surface area (Å²) in [6, 6.07) is 0. The van der Waals surface area contributed by atoms with E-state index in [0.29, 0.717) is 12.8 Å². The molecule has 0 heterocycles. The average molecular weight is 355 g/mol. The highest BCUT2D eigenvalue weighted by Gasteiger charge is 2.17. The molecule has 4 heteroatoms. The third kappa shape index (κ3) is 15.9. The summed E-state index contributed by atoms with van der Waals surface area (Å²) in [6.07, 6.45) is 15.0. The van der Waals surface area contributed by atoms with Crippen molar-refractivity contribution in [3.8, 4) is 0 Å². The molecule has 0 N–H and O–H groups in total. The average Bonchev–Trinajstić information content (AvgIpc) is 2.60. The zero-order valence-electron chi connectivity index (χ0n) is 16.4. The Morgan fingerprint density at radius 1 is 0.800 bits per heavy atom. The van der Waals surface area contributed by atoms with Gasteiger partial charge in [0, 0.05) is 18.9 Å². The van der Waals surface area contributed by atoms with E-state index in [0.717, 1.165) is 44.6 Å². The van der Waals surface area contributed by atoms with Gasteiger partial charge in [0.2, 0.25) is 6.29 Å². The molecule has 0 radical (unpaired) electrons. The van der Waals surface area contributed by atoms with Crippen LogP contribution in [0.4, 0.5) is 0 Å². The first-order valence-corrected chi connectivity index (χ1v) is 10.2. The Labute approximate surface area is 154 Å². The molecule has 0 aliphatic rings. The van der Waals surface area contributed by atoms with Gasteiger partial charge in [-0.05, 0) is 12.8 Å². The topological polar surface area (TPSA) is 52.6 Å². The van der Waals surface area contributed by atoms with Gasteiger partial charge >= 0.3 is 11.9 Å². The molecule has 25 heavy (non-hydrogen) atoms. The molecule has 0 aromatic carbocycles. The summed E-state index contributed by atoms with van der Waals surface area (Å²) in [7, 11) is 0. The van der Waals surface area contributed by atoms with Gasteiger partial charge in [-0.15, -0.1) is 0 Å². The monoisotopic (exact) mass is 354 g/mol. The summed E-state index contributed by atoms with van der Waals surface area (Å²) in [5.41, 5.74) is 0. The van der Waals surface area contributed by atoms with Crippen molar-refractivity contribution >= 4 is 11.9 Å². The smallest absolute Gasteiger partial charge is 0.333 e. The van der Waals surface area contributed by atoms with Gasteiger partial charge in [0.15, 0.2) is 0 Å². The van der Waals surface area contributed by atoms with Crippen LogP contribution >= 0.6 is 0 Å². The molecular formula is C21H38O4. The van der Waals surface area contributed by atoms with Crippen molar-refractivity contribution in [3.05, 3.63) is 12.7 Å². The van der Waals surface area contributed by atoms with Gasteiger partial charge in [-0.25, -0.2) is 4.79 Å². The maximum Gasteiger partial charge on any atom is 0.333 e. The van der Waals surface area contributed by atoms with Crippen LogP contribution < -0.4 is 0 Å². The van der Waals surface area contributed by atoms with Crippen LogP contribution in [0.15, 0.2) is 12.7 Å². The molecule has 0 saturated heterocycles. The number of esters is 2. The number of rotatable bonds is 17. The molecule has 0 spiro atoms. The number of carbonyl (C=O) groups is 2. The molecule has 0 rings (SSSR count). The fourth-order valence-electron chi connectivity index (χ4n) is 2.67. The normalized spacial score (nSPS) is 11.8. The first kappa shape index (κ1) is 23.7. The van der Waals surface area contributed by atoms with Crippen molar-refractivity contribution in [3.63, 3.8) is 0 Å². The van der Waals surface area contributed by atoms with Crippen LogP contribution in [0.25, 0.3) is 0 Å². The highest BCUT2D eigenvalue weighted by atomic mass is 16.7. The van der Waals surface area contributed by atoms with E-state index in [1.54, 1.807) is 0 Å². The highest BCUT2D eigenvalue weighted by molar-refractivity contribution is 5.81. The fourth-order valence-corrected chi connectivity index (χ4v) is 2.67. The SMILES string of the molecule is C=CC(=O)OC(CCCCCCCCCC)OC(=O)CCCCCC. The zero-order valence-corrected chi connectivity index (χ0v) is 16.4. The van der Waals surface area contributed by atoms with Crippen molar-refractivity contribution < 1.29 is 19.1 Å². The standard InChI is InChI=1S/C21H38O4/c1-4-7-9-11-12-13-14-16-18-21(24-19(22)6-3)25-20(23)17-15-10-8-5-2/h6,21H,3-5,7-18H2,1-2H3. The van der Waals surface area contributed by atoms with Crippen LogP contribution in [0.1, 0.15) is 104 Å². The molecule has 146 valence electrons. The van der Waals surface area contributed by atoms with Crippen LogP contribution in [-0.2, 0) is 19.1 Å². The predicted octanol–water partition coefficient (Wildman–Crippen LogP) is 6.09. The van der Waals surface area contributed by atoms with E-state index in [9.17, 15) is 9.59 Å². The summed E-state index contributed by atoms with van der Waals surface area (Å²) in [6.45, 7) is 7.74. The molecule has 0 saturated carbocycles. The highest BCUT2D eigenvalue weighted by Crippen LogP contribution is 2.14. The summed E-state index contributed by atoms with van der Waals surface area (Å²) in [4.78, 5) is 23.3. The first-order chi connectivity index (χ1) is 12.1. The van der Waals surface area contributed by atoms with Crippen LogP contribution in [0.3, 0.4) is 0 Å². The molecule has 0 fully saturated rings. The second-order valence-corrected chi connectivity index (χ2v) is 6.63. The molecule has 0 aliphatic carbocycles. The maximum atomic E-state index is 11.9. The fraction of sp³-hybridized carbons (Fsp3) is 0.810. The van der Waals surface area contributed by atoms with Crippen LogP contribution in [0, 0.1) is 0 Å². The molecular weight excluding hydrogens is 316 g/mol. The Morgan fingerprint density at radius 2 is 1.32 bits per heavy atom. The van der Waals surface area contributed by atoms with Gasteiger partial charge in [-0.1, -0.05) is 84.6 Å². The Balaban J connectivity index is 3.98. The van der Waals surface area contributed by atoms with Gasteiger partial charge in [0.05, 0.1) is 0 Å².